The first-order valence-electron chi connectivity index (χ1n) is 5.92. The fourth-order valence-electron chi connectivity index (χ4n) is 2.25. The summed E-state index contributed by atoms with van der Waals surface area (Å²) in [5.41, 5.74) is 2.59. The molecule has 2 N–H and O–H groups in total. The van der Waals surface area contributed by atoms with E-state index < -0.39 is 0 Å². The van der Waals surface area contributed by atoms with Gasteiger partial charge in [-0.1, -0.05) is 24.3 Å². The minimum Gasteiger partial charge on any atom is -0.364 e. The summed E-state index contributed by atoms with van der Waals surface area (Å²) in [5.74, 6) is 0. The van der Waals surface area contributed by atoms with Crippen LogP contribution in [0.25, 0.3) is 0 Å². The van der Waals surface area contributed by atoms with Gasteiger partial charge in [0.05, 0.1) is 6.04 Å². The zero-order valence-corrected chi connectivity index (χ0v) is 10.0. The Morgan fingerprint density at radius 1 is 1.47 bits per heavy atom. The van der Waals surface area contributed by atoms with Crippen molar-refractivity contribution < 1.29 is 9.53 Å². The lowest BCUT2D eigenvalue weighted by atomic mass is 9.88. The minimum atomic E-state index is -0.173. The quantitative estimate of drug-likeness (QED) is 0.785. The first kappa shape index (κ1) is 11.9. The SMILES string of the molecule is COCNC(=O)NC1CCCc2ccccc21. The molecule has 1 aromatic rings. The van der Waals surface area contributed by atoms with Gasteiger partial charge in [-0.15, -0.1) is 0 Å². The second kappa shape index (κ2) is 5.68. The summed E-state index contributed by atoms with van der Waals surface area (Å²) in [5, 5.41) is 5.62. The van der Waals surface area contributed by atoms with Crippen LogP contribution in [0.15, 0.2) is 24.3 Å². The average molecular weight is 234 g/mol. The molecule has 0 spiro atoms. The molecule has 2 amide bonds. The lowest BCUT2D eigenvalue weighted by Gasteiger charge is -2.26. The number of ether oxygens (including phenoxy) is 1. The highest BCUT2D eigenvalue weighted by atomic mass is 16.5. The third-order valence-corrected chi connectivity index (χ3v) is 3.05. The monoisotopic (exact) mass is 234 g/mol. The van der Waals surface area contributed by atoms with E-state index in [0.717, 1.165) is 19.3 Å². The number of carbonyl (C=O) groups excluding carboxylic acids is 1. The van der Waals surface area contributed by atoms with E-state index in [1.54, 1.807) is 7.11 Å². The molecule has 0 heterocycles. The zero-order valence-electron chi connectivity index (χ0n) is 10.0. The summed E-state index contributed by atoms with van der Waals surface area (Å²) in [4.78, 5) is 11.6. The van der Waals surface area contributed by atoms with Crippen molar-refractivity contribution in [3.05, 3.63) is 35.4 Å². The topological polar surface area (TPSA) is 50.4 Å². The van der Waals surface area contributed by atoms with E-state index in [9.17, 15) is 4.79 Å². The maximum Gasteiger partial charge on any atom is 0.317 e. The number of aryl methyl sites for hydroxylation is 1. The molecule has 4 heteroatoms. The Bertz CT molecular complexity index is 393. The number of carbonyl (C=O) groups is 1. The molecule has 92 valence electrons. The highest BCUT2D eigenvalue weighted by Crippen LogP contribution is 2.29. The van der Waals surface area contributed by atoms with Crippen molar-refractivity contribution in [2.24, 2.45) is 0 Å². The van der Waals surface area contributed by atoms with E-state index in [4.69, 9.17) is 4.74 Å². The Labute approximate surface area is 101 Å². The Kier molecular flexibility index (Phi) is 3.98. The van der Waals surface area contributed by atoms with Crippen LogP contribution in [0.4, 0.5) is 4.79 Å². The molecule has 1 aliphatic rings. The van der Waals surface area contributed by atoms with Gasteiger partial charge in [0, 0.05) is 7.11 Å². The lowest BCUT2D eigenvalue weighted by molar-refractivity contribution is 0.170. The number of nitrogens with one attached hydrogen (secondary N) is 2. The van der Waals surface area contributed by atoms with E-state index in [0.29, 0.717) is 0 Å². The predicted molar refractivity (Wildman–Crippen MR) is 65.7 cm³/mol. The van der Waals surface area contributed by atoms with Crippen molar-refractivity contribution in [1.82, 2.24) is 10.6 Å². The fraction of sp³-hybridized carbons (Fsp3) is 0.462. The van der Waals surface area contributed by atoms with Crippen LogP contribution in [0.3, 0.4) is 0 Å². The highest BCUT2D eigenvalue weighted by molar-refractivity contribution is 5.74. The van der Waals surface area contributed by atoms with Crippen molar-refractivity contribution in [2.45, 2.75) is 25.3 Å². The smallest absolute Gasteiger partial charge is 0.317 e. The van der Waals surface area contributed by atoms with Crippen molar-refractivity contribution in [2.75, 3.05) is 13.8 Å². The van der Waals surface area contributed by atoms with E-state index in [1.165, 1.54) is 11.1 Å². The minimum absolute atomic E-state index is 0.122. The number of hydrogen-bond donors (Lipinski definition) is 2. The van der Waals surface area contributed by atoms with Crippen molar-refractivity contribution in [3.63, 3.8) is 0 Å². The lowest BCUT2D eigenvalue weighted by Crippen LogP contribution is -2.39. The number of urea groups is 1. The number of fused-ring (bicyclic) bond motifs is 1. The van der Waals surface area contributed by atoms with Crippen molar-refractivity contribution in [1.29, 1.82) is 0 Å². The van der Waals surface area contributed by atoms with Gasteiger partial charge in [-0.05, 0) is 30.4 Å². The fourth-order valence-corrected chi connectivity index (χ4v) is 2.25. The van der Waals surface area contributed by atoms with E-state index in [1.807, 2.05) is 12.1 Å². The Balaban J connectivity index is 2.01. The van der Waals surface area contributed by atoms with Crippen molar-refractivity contribution in [3.8, 4) is 0 Å². The molecule has 4 nitrogen and oxygen atoms in total. The van der Waals surface area contributed by atoms with Crippen LogP contribution >= 0.6 is 0 Å². The van der Waals surface area contributed by atoms with Gasteiger partial charge in [-0.3, -0.25) is 0 Å². The first-order valence-corrected chi connectivity index (χ1v) is 5.92. The molecular formula is C13H18N2O2. The molecule has 17 heavy (non-hydrogen) atoms. The van der Waals surface area contributed by atoms with Crippen LogP contribution in [0.1, 0.15) is 30.0 Å². The summed E-state index contributed by atoms with van der Waals surface area (Å²) in [7, 11) is 1.55. The summed E-state index contributed by atoms with van der Waals surface area (Å²) < 4.78 is 4.80. The Hall–Kier alpha value is -1.55. The van der Waals surface area contributed by atoms with E-state index >= 15 is 0 Å². The zero-order chi connectivity index (χ0) is 12.1. The van der Waals surface area contributed by atoms with Crippen LogP contribution in [0.2, 0.25) is 0 Å². The Morgan fingerprint density at radius 2 is 2.29 bits per heavy atom. The normalized spacial score (nSPS) is 18.3. The van der Waals surface area contributed by atoms with Crippen LogP contribution < -0.4 is 10.6 Å². The largest absolute Gasteiger partial charge is 0.364 e. The van der Waals surface area contributed by atoms with Crippen LogP contribution in [0, 0.1) is 0 Å². The second-order valence-corrected chi connectivity index (χ2v) is 4.23. The summed E-state index contributed by atoms with van der Waals surface area (Å²) >= 11 is 0. The van der Waals surface area contributed by atoms with Crippen LogP contribution in [-0.4, -0.2) is 19.9 Å². The molecule has 0 aliphatic heterocycles. The molecule has 1 aliphatic carbocycles. The third kappa shape index (κ3) is 2.97. The molecule has 1 unspecified atom stereocenters. The first-order chi connectivity index (χ1) is 8.31. The molecule has 0 saturated heterocycles. The summed E-state index contributed by atoms with van der Waals surface area (Å²) in [6, 6.07) is 8.25. The molecule has 0 radical (unpaired) electrons. The van der Waals surface area contributed by atoms with Gasteiger partial charge in [0.15, 0.2) is 0 Å². The molecule has 0 aromatic heterocycles. The number of methoxy groups -OCH3 is 1. The number of rotatable bonds is 3. The third-order valence-electron chi connectivity index (χ3n) is 3.05. The maximum atomic E-state index is 11.6. The van der Waals surface area contributed by atoms with E-state index in [2.05, 4.69) is 22.8 Å². The molecule has 1 atom stereocenters. The average Bonchev–Trinajstić information content (AvgIpc) is 2.37. The Morgan fingerprint density at radius 3 is 3.12 bits per heavy atom. The van der Waals surface area contributed by atoms with Gasteiger partial charge >= 0.3 is 6.03 Å². The molecule has 0 saturated carbocycles. The van der Waals surface area contributed by atoms with Crippen LogP contribution in [-0.2, 0) is 11.2 Å². The van der Waals surface area contributed by atoms with Gasteiger partial charge in [0.2, 0.25) is 0 Å². The second-order valence-electron chi connectivity index (χ2n) is 4.23. The molecule has 0 fully saturated rings. The number of hydrogen-bond acceptors (Lipinski definition) is 2. The summed E-state index contributed by atoms with van der Waals surface area (Å²) in [6.07, 6.45) is 3.22. The molecular weight excluding hydrogens is 216 g/mol. The highest BCUT2D eigenvalue weighted by Gasteiger charge is 2.20. The van der Waals surface area contributed by atoms with Crippen LogP contribution in [0.5, 0.6) is 0 Å². The van der Waals surface area contributed by atoms with Gasteiger partial charge < -0.3 is 15.4 Å². The van der Waals surface area contributed by atoms with Gasteiger partial charge in [0.1, 0.15) is 6.73 Å². The van der Waals surface area contributed by atoms with Gasteiger partial charge in [0.25, 0.3) is 0 Å². The summed E-state index contributed by atoms with van der Waals surface area (Å²) in [6.45, 7) is 0.236. The van der Waals surface area contributed by atoms with Gasteiger partial charge in [-0.2, -0.15) is 0 Å². The maximum absolute atomic E-state index is 11.6. The van der Waals surface area contributed by atoms with E-state index in [-0.39, 0.29) is 18.8 Å². The van der Waals surface area contributed by atoms with Crippen molar-refractivity contribution >= 4 is 6.03 Å². The molecule has 2 rings (SSSR count). The molecule has 1 aromatic carbocycles. The standard InChI is InChI=1S/C13H18N2O2/c1-17-9-14-13(16)15-12-8-4-6-10-5-2-3-7-11(10)12/h2-3,5,7,12H,4,6,8-9H2,1H3,(H2,14,15,16). The number of benzene rings is 1. The molecule has 0 bridgehead atoms. The van der Waals surface area contributed by atoms with Gasteiger partial charge in [-0.25, -0.2) is 4.79 Å². The number of amides is 2. The predicted octanol–water partition coefficient (Wildman–Crippen LogP) is 1.97.